The largest absolute Gasteiger partial charge is 0.378 e. The molecule has 0 aromatic heterocycles. The second kappa shape index (κ2) is 6.60. The molecule has 2 unspecified atom stereocenters. The van der Waals surface area contributed by atoms with E-state index in [-0.39, 0.29) is 5.54 Å². The highest BCUT2D eigenvalue weighted by Gasteiger charge is 2.35. The van der Waals surface area contributed by atoms with Gasteiger partial charge in [0.2, 0.25) is 0 Å². The third-order valence-corrected chi connectivity index (χ3v) is 4.16. The molecule has 1 fully saturated rings. The summed E-state index contributed by atoms with van der Waals surface area (Å²) in [4.78, 5) is 0. The van der Waals surface area contributed by atoms with Crippen molar-refractivity contribution in [1.82, 2.24) is 0 Å². The van der Waals surface area contributed by atoms with Gasteiger partial charge in [-0.15, -0.1) is 0 Å². The van der Waals surface area contributed by atoms with E-state index in [1.165, 1.54) is 0 Å². The summed E-state index contributed by atoms with van der Waals surface area (Å²) in [5.41, 5.74) is 6.90. The van der Waals surface area contributed by atoms with Crippen LogP contribution in [0.15, 0.2) is 24.3 Å². The normalized spacial score (nSPS) is 27.2. The molecule has 1 saturated heterocycles. The van der Waals surface area contributed by atoms with Crippen LogP contribution in [0.3, 0.4) is 0 Å². The lowest BCUT2D eigenvalue weighted by Gasteiger charge is -2.41. The summed E-state index contributed by atoms with van der Waals surface area (Å²) < 4.78 is 5.81. The van der Waals surface area contributed by atoms with Gasteiger partial charge in [0.1, 0.15) is 0 Å². The Kier molecular flexibility index (Phi) is 5.08. The Morgan fingerprint density at radius 3 is 2.95 bits per heavy atom. The summed E-state index contributed by atoms with van der Waals surface area (Å²) >= 11 is 6.23. The number of hydrogen-bond donors (Lipinski definition) is 2. The summed E-state index contributed by atoms with van der Waals surface area (Å²) in [6.07, 6.45) is 4.40. The maximum absolute atomic E-state index is 6.23. The third-order valence-electron chi connectivity index (χ3n) is 3.83. The van der Waals surface area contributed by atoms with Crippen LogP contribution in [0.25, 0.3) is 0 Å². The SMILES string of the molecule is CCCC1CC(CN)(Nc2ccccc2Cl)CCO1. The molecule has 106 valence electrons. The fourth-order valence-corrected chi connectivity index (χ4v) is 2.91. The number of hydrogen-bond acceptors (Lipinski definition) is 3. The van der Waals surface area contributed by atoms with Gasteiger partial charge in [-0.3, -0.25) is 0 Å². The maximum Gasteiger partial charge on any atom is 0.0637 e. The van der Waals surface area contributed by atoms with Gasteiger partial charge in [0.05, 0.1) is 22.4 Å². The van der Waals surface area contributed by atoms with Gasteiger partial charge < -0.3 is 15.8 Å². The van der Waals surface area contributed by atoms with E-state index >= 15 is 0 Å². The van der Waals surface area contributed by atoms with Crippen molar-refractivity contribution in [3.8, 4) is 0 Å². The molecule has 0 radical (unpaired) electrons. The summed E-state index contributed by atoms with van der Waals surface area (Å²) in [6, 6.07) is 7.83. The van der Waals surface area contributed by atoms with Crippen molar-refractivity contribution in [1.29, 1.82) is 0 Å². The molecule has 1 aliphatic heterocycles. The molecular formula is C15H23ClN2O. The fourth-order valence-electron chi connectivity index (χ4n) is 2.72. The molecule has 0 saturated carbocycles. The molecular weight excluding hydrogens is 260 g/mol. The minimum atomic E-state index is -0.0942. The van der Waals surface area contributed by atoms with E-state index in [0.717, 1.165) is 43.0 Å². The van der Waals surface area contributed by atoms with Crippen LogP contribution in [-0.4, -0.2) is 24.8 Å². The molecule has 1 aromatic rings. The highest BCUT2D eigenvalue weighted by atomic mass is 35.5. The highest BCUT2D eigenvalue weighted by molar-refractivity contribution is 6.33. The first-order valence-electron chi connectivity index (χ1n) is 7.03. The van der Waals surface area contributed by atoms with Gasteiger partial charge in [-0.2, -0.15) is 0 Å². The number of rotatable bonds is 5. The lowest BCUT2D eigenvalue weighted by Crippen LogP contribution is -2.52. The summed E-state index contributed by atoms with van der Waals surface area (Å²) in [5.74, 6) is 0. The molecule has 2 atom stereocenters. The van der Waals surface area contributed by atoms with Crippen molar-refractivity contribution in [2.45, 2.75) is 44.2 Å². The predicted molar refractivity (Wildman–Crippen MR) is 80.7 cm³/mol. The number of nitrogens with two attached hydrogens (primary N) is 1. The molecule has 2 rings (SSSR count). The second-order valence-electron chi connectivity index (χ2n) is 5.32. The van der Waals surface area contributed by atoms with Gasteiger partial charge >= 0.3 is 0 Å². The monoisotopic (exact) mass is 282 g/mol. The lowest BCUT2D eigenvalue weighted by atomic mass is 9.85. The zero-order valence-corrected chi connectivity index (χ0v) is 12.2. The van der Waals surface area contributed by atoms with Crippen LogP contribution >= 0.6 is 11.6 Å². The summed E-state index contributed by atoms with van der Waals surface area (Å²) in [5, 5.41) is 4.31. The molecule has 0 aliphatic carbocycles. The van der Waals surface area contributed by atoms with E-state index in [2.05, 4.69) is 12.2 Å². The number of anilines is 1. The van der Waals surface area contributed by atoms with E-state index in [4.69, 9.17) is 22.1 Å². The van der Waals surface area contributed by atoms with Gasteiger partial charge in [-0.05, 0) is 31.4 Å². The van der Waals surface area contributed by atoms with Crippen LogP contribution < -0.4 is 11.1 Å². The quantitative estimate of drug-likeness (QED) is 0.870. The van der Waals surface area contributed by atoms with E-state index in [9.17, 15) is 0 Å². The highest BCUT2D eigenvalue weighted by Crippen LogP contribution is 2.32. The molecule has 3 N–H and O–H groups in total. The van der Waals surface area contributed by atoms with Gasteiger partial charge in [0, 0.05) is 13.2 Å². The number of benzene rings is 1. The smallest absolute Gasteiger partial charge is 0.0637 e. The van der Waals surface area contributed by atoms with E-state index in [1.807, 2.05) is 24.3 Å². The minimum Gasteiger partial charge on any atom is -0.378 e. The van der Waals surface area contributed by atoms with Crippen LogP contribution in [0.5, 0.6) is 0 Å². The first-order chi connectivity index (χ1) is 9.19. The molecule has 19 heavy (non-hydrogen) atoms. The van der Waals surface area contributed by atoms with Crippen molar-refractivity contribution in [3.05, 3.63) is 29.3 Å². The van der Waals surface area contributed by atoms with Crippen molar-refractivity contribution in [2.75, 3.05) is 18.5 Å². The standard InChI is InChI=1S/C15H23ClN2O/c1-2-5-12-10-15(11-17,8-9-19-12)18-14-7-4-3-6-13(14)16/h3-4,6-7,12,18H,2,5,8-11,17H2,1H3. The minimum absolute atomic E-state index is 0.0942. The number of nitrogens with one attached hydrogen (secondary N) is 1. The molecule has 0 amide bonds. The average molecular weight is 283 g/mol. The van der Waals surface area contributed by atoms with Crippen LogP contribution in [-0.2, 0) is 4.74 Å². The fraction of sp³-hybridized carbons (Fsp3) is 0.600. The van der Waals surface area contributed by atoms with Crippen molar-refractivity contribution in [3.63, 3.8) is 0 Å². The van der Waals surface area contributed by atoms with Gasteiger partial charge in [0.25, 0.3) is 0 Å². The average Bonchev–Trinajstić information content (AvgIpc) is 2.42. The molecule has 1 heterocycles. The second-order valence-corrected chi connectivity index (χ2v) is 5.73. The number of ether oxygens (including phenoxy) is 1. The van der Waals surface area contributed by atoms with E-state index in [0.29, 0.717) is 12.6 Å². The number of para-hydroxylation sites is 1. The van der Waals surface area contributed by atoms with Crippen LogP contribution in [0.1, 0.15) is 32.6 Å². The van der Waals surface area contributed by atoms with Gasteiger partial charge in [-0.1, -0.05) is 37.1 Å². The molecule has 1 aliphatic rings. The molecule has 0 bridgehead atoms. The van der Waals surface area contributed by atoms with Crippen molar-refractivity contribution >= 4 is 17.3 Å². The van der Waals surface area contributed by atoms with Crippen LogP contribution in [0, 0.1) is 0 Å². The molecule has 1 aromatic carbocycles. The lowest BCUT2D eigenvalue weighted by molar-refractivity contribution is -0.0155. The van der Waals surface area contributed by atoms with Crippen LogP contribution in [0.4, 0.5) is 5.69 Å². The molecule has 3 nitrogen and oxygen atoms in total. The zero-order chi connectivity index (χ0) is 13.7. The summed E-state index contributed by atoms with van der Waals surface area (Å²) in [6.45, 7) is 3.55. The Balaban J connectivity index is 2.11. The Labute approximate surface area is 120 Å². The Morgan fingerprint density at radius 2 is 2.26 bits per heavy atom. The van der Waals surface area contributed by atoms with Gasteiger partial charge in [-0.25, -0.2) is 0 Å². The maximum atomic E-state index is 6.23. The Hall–Kier alpha value is -0.770. The third kappa shape index (κ3) is 3.62. The first kappa shape index (κ1) is 14.6. The van der Waals surface area contributed by atoms with E-state index in [1.54, 1.807) is 0 Å². The van der Waals surface area contributed by atoms with Gasteiger partial charge in [0.15, 0.2) is 0 Å². The Morgan fingerprint density at radius 1 is 1.47 bits per heavy atom. The first-order valence-corrected chi connectivity index (χ1v) is 7.41. The van der Waals surface area contributed by atoms with Crippen LogP contribution in [0.2, 0.25) is 5.02 Å². The zero-order valence-electron chi connectivity index (χ0n) is 11.5. The van der Waals surface area contributed by atoms with Crippen molar-refractivity contribution in [2.24, 2.45) is 5.73 Å². The Bertz CT molecular complexity index is 411. The predicted octanol–water partition coefficient (Wildman–Crippen LogP) is 3.43. The van der Waals surface area contributed by atoms with Crippen molar-refractivity contribution < 1.29 is 4.74 Å². The summed E-state index contributed by atoms with van der Waals surface area (Å²) in [7, 11) is 0. The topological polar surface area (TPSA) is 47.3 Å². The molecule has 4 heteroatoms. The number of halogens is 1. The van der Waals surface area contributed by atoms with E-state index < -0.39 is 0 Å². The molecule has 0 spiro atoms.